The number of carbonyl (C=O) groups excluding carboxylic acids is 1. The van der Waals surface area contributed by atoms with E-state index in [2.05, 4.69) is 20.8 Å². The van der Waals surface area contributed by atoms with Gasteiger partial charge in [0.25, 0.3) is 0 Å². The highest BCUT2D eigenvalue weighted by Crippen LogP contribution is 2.47. The molecule has 1 unspecified atom stereocenters. The van der Waals surface area contributed by atoms with Crippen LogP contribution in [0, 0.1) is 5.41 Å². The van der Waals surface area contributed by atoms with Crippen LogP contribution < -0.4 is 0 Å². The van der Waals surface area contributed by atoms with Crippen molar-refractivity contribution in [1.29, 1.82) is 0 Å². The average molecular weight is 264 g/mol. The van der Waals surface area contributed by atoms with Crippen molar-refractivity contribution in [3.63, 3.8) is 0 Å². The molecule has 0 N–H and O–H groups in total. The molecule has 1 heterocycles. The lowest BCUT2D eigenvalue weighted by Crippen LogP contribution is -2.35. The Labute approximate surface area is 113 Å². The van der Waals surface area contributed by atoms with Crippen molar-refractivity contribution in [2.24, 2.45) is 5.41 Å². The SMILES string of the molecule is CC(C)(C)C(C(=O)c1ccccc1)[SH]1CCCC1. The van der Waals surface area contributed by atoms with Gasteiger partial charge in [0, 0.05) is 5.56 Å². The molecule has 1 aliphatic heterocycles. The standard InChI is InChI=1S/C16H24OS/c1-16(2,3)15(18-11-7-8-12-18)14(17)13-9-5-4-6-10-13/h4-6,9-10,15,18H,7-8,11-12H2,1-3H3. The van der Waals surface area contributed by atoms with Gasteiger partial charge in [0.2, 0.25) is 0 Å². The van der Waals surface area contributed by atoms with E-state index in [1.807, 2.05) is 30.3 Å². The molecule has 0 amide bonds. The Kier molecular flexibility index (Phi) is 4.16. The van der Waals surface area contributed by atoms with Crippen LogP contribution in [0.1, 0.15) is 44.0 Å². The number of benzene rings is 1. The Morgan fingerprint density at radius 3 is 2.17 bits per heavy atom. The predicted molar refractivity (Wildman–Crippen MR) is 82.0 cm³/mol. The zero-order valence-corrected chi connectivity index (χ0v) is 12.5. The van der Waals surface area contributed by atoms with Crippen LogP contribution in [-0.4, -0.2) is 22.5 Å². The van der Waals surface area contributed by atoms with Gasteiger partial charge in [-0.1, -0.05) is 51.1 Å². The van der Waals surface area contributed by atoms with Crippen LogP contribution in [-0.2, 0) is 0 Å². The van der Waals surface area contributed by atoms with Crippen molar-refractivity contribution in [3.05, 3.63) is 35.9 Å². The second kappa shape index (κ2) is 5.48. The molecule has 100 valence electrons. The molecule has 2 rings (SSSR count). The second-order valence-electron chi connectivity index (χ2n) is 6.24. The number of hydrogen-bond donors (Lipinski definition) is 1. The van der Waals surface area contributed by atoms with Gasteiger partial charge in [-0.25, -0.2) is 10.9 Å². The number of thiol groups is 1. The Bertz CT molecular complexity index is 399. The Morgan fingerprint density at radius 1 is 1.11 bits per heavy atom. The minimum Gasteiger partial charge on any atom is -0.293 e. The Morgan fingerprint density at radius 2 is 1.67 bits per heavy atom. The van der Waals surface area contributed by atoms with Gasteiger partial charge < -0.3 is 0 Å². The first kappa shape index (κ1) is 13.7. The van der Waals surface area contributed by atoms with Crippen LogP contribution in [0.2, 0.25) is 0 Å². The van der Waals surface area contributed by atoms with Gasteiger partial charge >= 0.3 is 0 Å². The van der Waals surface area contributed by atoms with Gasteiger partial charge in [-0.15, -0.1) is 0 Å². The first-order chi connectivity index (χ1) is 8.50. The van der Waals surface area contributed by atoms with Gasteiger partial charge in [0.1, 0.15) is 0 Å². The third-order valence-electron chi connectivity index (χ3n) is 3.63. The normalized spacial score (nSPS) is 19.8. The fraction of sp³-hybridized carbons (Fsp3) is 0.562. The quantitative estimate of drug-likeness (QED) is 0.643. The van der Waals surface area contributed by atoms with Gasteiger partial charge in [0.15, 0.2) is 5.78 Å². The van der Waals surface area contributed by atoms with E-state index in [-0.39, 0.29) is 21.6 Å². The summed E-state index contributed by atoms with van der Waals surface area (Å²) in [6.07, 6.45) is 2.64. The minimum atomic E-state index is -0.109. The lowest BCUT2D eigenvalue weighted by atomic mass is 9.87. The highest BCUT2D eigenvalue weighted by Gasteiger charge is 2.37. The molecule has 1 aromatic carbocycles. The molecule has 1 nitrogen and oxygen atoms in total. The van der Waals surface area contributed by atoms with Crippen LogP contribution in [0.15, 0.2) is 30.3 Å². The van der Waals surface area contributed by atoms with Crippen LogP contribution in [0.5, 0.6) is 0 Å². The van der Waals surface area contributed by atoms with E-state index < -0.39 is 0 Å². The topological polar surface area (TPSA) is 17.1 Å². The summed E-state index contributed by atoms with van der Waals surface area (Å²) >= 11 is 0. The summed E-state index contributed by atoms with van der Waals surface area (Å²) in [5.74, 6) is 2.95. The monoisotopic (exact) mass is 264 g/mol. The zero-order chi connectivity index (χ0) is 13.2. The van der Waals surface area contributed by atoms with Crippen LogP contribution in [0.3, 0.4) is 0 Å². The summed E-state index contributed by atoms with van der Waals surface area (Å²) in [5, 5.41) is 0.234. The Hall–Kier alpha value is -0.760. The van der Waals surface area contributed by atoms with E-state index in [4.69, 9.17) is 0 Å². The maximum absolute atomic E-state index is 12.8. The van der Waals surface area contributed by atoms with Gasteiger partial charge in [-0.3, -0.25) is 4.79 Å². The van der Waals surface area contributed by atoms with Crippen molar-refractivity contribution in [3.8, 4) is 0 Å². The third-order valence-corrected chi connectivity index (χ3v) is 7.15. The highest BCUT2D eigenvalue weighted by molar-refractivity contribution is 8.18. The van der Waals surface area contributed by atoms with Crippen molar-refractivity contribution >= 4 is 16.7 Å². The molecule has 1 saturated heterocycles. The fourth-order valence-corrected chi connectivity index (χ4v) is 6.44. The molecule has 0 saturated carbocycles. The molecule has 0 aromatic heterocycles. The first-order valence-corrected chi connectivity index (χ1v) is 8.61. The number of hydrogen-bond acceptors (Lipinski definition) is 1. The molecular formula is C16H24OS. The van der Waals surface area contributed by atoms with Crippen molar-refractivity contribution in [1.82, 2.24) is 0 Å². The lowest BCUT2D eigenvalue weighted by Gasteiger charge is -2.36. The second-order valence-corrected chi connectivity index (χ2v) is 8.83. The van der Waals surface area contributed by atoms with Gasteiger partial charge in [-0.2, -0.15) is 0 Å². The van der Waals surface area contributed by atoms with E-state index in [1.54, 1.807) is 0 Å². The third kappa shape index (κ3) is 2.97. The molecule has 18 heavy (non-hydrogen) atoms. The number of rotatable bonds is 3. The summed E-state index contributed by atoms with van der Waals surface area (Å²) in [6, 6.07) is 9.84. The molecule has 1 atom stereocenters. The number of Topliss-reactive ketones (excluding diaryl/α,β-unsaturated/α-hetero) is 1. The maximum Gasteiger partial charge on any atom is 0.174 e. The summed E-state index contributed by atoms with van der Waals surface area (Å²) in [7, 11) is -0.109. The molecule has 0 spiro atoms. The van der Waals surface area contributed by atoms with Gasteiger partial charge in [-0.05, 0) is 29.8 Å². The molecule has 1 fully saturated rings. The van der Waals surface area contributed by atoms with E-state index in [0.29, 0.717) is 5.78 Å². The summed E-state index contributed by atoms with van der Waals surface area (Å²) in [5.41, 5.74) is 0.981. The van der Waals surface area contributed by atoms with E-state index in [9.17, 15) is 4.79 Å². The van der Waals surface area contributed by atoms with E-state index in [0.717, 1.165) is 5.56 Å². The number of ketones is 1. The van der Waals surface area contributed by atoms with E-state index >= 15 is 0 Å². The number of carbonyl (C=O) groups is 1. The van der Waals surface area contributed by atoms with Crippen molar-refractivity contribution in [2.75, 3.05) is 11.5 Å². The van der Waals surface area contributed by atoms with Crippen LogP contribution in [0.4, 0.5) is 0 Å². The first-order valence-electron chi connectivity index (χ1n) is 6.83. The van der Waals surface area contributed by atoms with Crippen molar-refractivity contribution in [2.45, 2.75) is 38.9 Å². The molecule has 0 radical (unpaired) electrons. The summed E-state index contributed by atoms with van der Waals surface area (Å²) in [4.78, 5) is 12.8. The fourth-order valence-electron chi connectivity index (χ4n) is 2.87. The van der Waals surface area contributed by atoms with Crippen LogP contribution >= 0.6 is 10.9 Å². The maximum atomic E-state index is 12.8. The molecule has 0 aliphatic carbocycles. The predicted octanol–water partition coefficient (Wildman–Crippen LogP) is 4.08. The molecule has 2 heteroatoms. The zero-order valence-electron chi connectivity index (χ0n) is 11.6. The highest BCUT2D eigenvalue weighted by atomic mass is 32.2. The Balaban J connectivity index is 2.27. The largest absolute Gasteiger partial charge is 0.293 e. The van der Waals surface area contributed by atoms with Gasteiger partial charge in [0.05, 0.1) is 5.25 Å². The molecule has 0 bridgehead atoms. The molecular weight excluding hydrogens is 240 g/mol. The van der Waals surface area contributed by atoms with E-state index in [1.165, 1.54) is 24.3 Å². The lowest BCUT2D eigenvalue weighted by molar-refractivity contribution is 0.0949. The summed E-state index contributed by atoms with van der Waals surface area (Å²) in [6.45, 7) is 6.66. The van der Waals surface area contributed by atoms with Crippen LogP contribution in [0.25, 0.3) is 0 Å². The smallest absolute Gasteiger partial charge is 0.174 e. The van der Waals surface area contributed by atoms with Crippen molar-refractivity contribution < 1.29 is 4.79 Å². The minimum absolute atomic E-state index is 0.0863. The molecule has 1 aromatic rings. The molecule has 1 aliphatic rings. The average Bonchev–Trinajstić information content (AvgIpc) is 2.82. The summed E-state index contributed by atoms with van der Waals surface area (Å²) < 4.78 is 0.